The summed E-state index contributed by atoms with van der Waals surface area (Å²) < 4.78 is 44.4. The fourth-order valence-electron chi connectivity index (χ4n) is 3.14. The van der Waals surface area contributed by atoms with E-state index in [2.05, 4.69) is 5.32 Å². The van der Waals surface area contributed by atoms with Gasteiger partial charge in [-0.3, -0.25) is 0 Å². The number of phenols is 1. The molecule has 0 heterocycles. The molecule has 0 aliphatic rings. The Balaban J connectivity index is 1.77. The predicted octanol–water partition coefficient (Wildman–Crippen LogP) is 2.37. The Labute approximate surface area is 204 Å². The van der Waals surface area contributed by atoms with E-state index >= 15 is 0 Å². The number of amides is 1. The Kier molecular flexibility index (Phi) is 8.11. The van der Waals surface area contributed by atoms with Gasteiger partial charge < -0.3 is 0 Å². The number of benzene rings is 3. The monoisotopic (exact) mass is 545 g/mol. The summed E-state index contributed by atoms with van der Waals surface area (Å²) in [5.41, 5.74) is 0.566. The quantitative estimate of drug-likeness (QED) is 0.346. The normalized spacial score (nSPS) is 12.2. The van der Waals surface area contributed by atoms with Crippen LogP contribution in [0, 0.1) is 0 Å². The Hall–Kier alpha value is -3.88. The molecule has 0 saturated carbocycles. The number of hydrogen-bond acceptors (Lipinski definition) is 8. The molecule has 0 aromatic heterocycles. The number of anilines is 1. The second kappa shape index (κ2) is 11.0. The van der Waals surface area contributed by atoms with E-state index in [1.807, 2.05) is 0 Å². The van der Waals surface area contributed by atoms with Gasteiger partial charge in [0.15, 0.2) is 0 Å². The van der Waals surface area contributed by atoms with E-state index in [1.54, 1.807) is 31.4 Å². The maximum absolute atomic E-state index is 12.9. The van der Waals surface area contributed by atoms with Crippen LogP contribution in [0.25, 0.3) is 0 Å². The van der Waals surface area contributed by atoms with Crippen LogP contribution in [0.4, 0.5) is 5.69 Å². The van der Waals surface area contributed by atoms with Crippen LogP contribution in [0.3, 0.4) is 0 Å². The van der Waals surface area contributed by atoms with Crippen molar-refractivity contribution >= 4 is 36.1 Å². The van der Waals surface area contributed by atoms with Gasteiger partial charge in [0.25, 0.3) is 0 Å². The van der Waals surface area contributed by atoms with Crippen LogP contribution in [0.5, 0.6) is 23.0 Å². The molecule has 0 fully saturated rings. The molecule has 0 saturated heterocycles. The maximum atomic E-state index is 12.9. The molecule has 3 rings (SSSR count). The minimum absolute atomic E-state index is 0.0179. The molecule has 0 spiro atoms. The molecule has 0 aliphatic heterocycles. The molecule has 1 amide bonds. The number of aromatic hydroxyl groups is 1. The van der Waals surface area contributed by atoms with Gasteiger partial charge in [0.1, 0.15) is 0 Å². The van der Waals surface area contributed by atoms with E-state index in [4.69, 9.17) is 17.9 Å². The van der Waals surface area contributed by atoms with Gasteiger partial charge in [0.2, 0.25) is 0 Å². The number of phenolic OH excluding ortho intramolecular Hbond substituents is 1. The van der Waals surface area contributed by atoms with Gasteiger partial charge in [-0.05, 0) is 0 Å². The minimum atomic E-state index is -5.47. The van der Waals surface area contributed by atoms with Gasteiger partial charge in [-0.1, -0.05) is 0 Å². The van der Waals surface area contributed by atoms with Crippen molar-refractivity contribution in [3.8, 4) is 23.0 Å². The standard InChI is InChI=1S/C24H24AsNO9/c1-15(27)26-22-13-18(28)7-9-21(22)25(30,31)35-24(29)16-5-4-6-20(11-16)34-14-17-12-19(32-2)8-10-23(17)33-3/h4-13,28H,14H2,1-3H3,(H,26,27)(H,30,31). The molecule has 0 aliphatic carbocycles. The molecule has 3 aromatic rings. The first-order valence-electron chi connectivity index (χ1n) is 10.2. The molecule has 0 bridgehead atoms. The SMILES string of the molecule is COc1ccc(OC)c(COc2cccc(C(=O)O[As](=O)(O)c3ccc(O)cc3NC(C)=O)c2)c1. The second-order valence-corrected chi connectivity index (χ2v) is 10.9. The van der Waals surface area contributed by atoms with Crippen molar-refractivity contribution in [3.63, 3.8) is 0 Å². The summed E-state index contributed by atoms with van der Waals surface area (Å²) in [5, 5.41) is 12.0. The molecular weight excluding hydrogens is 521 g/mol. The predicted molar refractivity (Wildman–Crippen MR) is 126 cm³/mol. The first kappa shape index (κ1) is 25.7. The third-order valence-electron chi connectivity index (χ3n) is 4.75. The van der Waals surface area contributed by atoms with E-state index in [9.17, 15) is 22.5 Å². The number of nitrogens with one attached hydrogen (secondary N) is 1. The third-order valence-corrected chi connectivity index (χ3v) is 7.72. The Morgan fingerprint density at radius 1 is 0.971 bits per heavy atom. The number of hydrogen-bond donors (Lipinski definition) is 3. The molecule has 3 N–H and O–H groups in total. The Bertz CT molecular complexity index is 1290. The van der Waals surface area contributed by atoms with Crippen molar-refractivity contribution in [2.75, 3.05) is 19.5 Å². The number of rotatable bonds is 9. The summed E-state index contributed by atoms with van der Waals surface area (Å²) in [4.78, 5) is 24.1. The number of carbonyl (C=O) groups excluding carboxylic acids is 2. The van der Waals surface area contributed by atoms with Crippen LogP contribution in [-0.4, -0.2) is 49.5 Å². The van der Waals surface area contributed by atoms with E-state index in [0.29, 0.717) is 22.8 Å². The van der Waals surface area contributed by atoms with Crippen molar-refractivity contribution in [1.29, 1.82) is 0 Å². The number of carbonyl (C=O) groups is 2. The molecule has 1 atom stereocenters. The molecule has 184 valence electrons. The van der Waals surface area contributed by atoms with Gasteiger partial charge in [-0.25, -0.2) is 0 Å². The topological polar surface area (TPSA) is 141 Å². The van der Waals surface area contributed by atoms with Crippen molar-refractivity contribution in [2.45, 2.75) is 13.5 Å². The zero-order chi connectivity index (χ0) is 25.6. The van der Waals surface area contributed by atoms with Crippen LogP contribution in [-0.2, 0) is 18.9 Å². The van der Waals surface area contributed by atoms with Crippen LogP contribution in [0.15, 0.2) is 60.7 Å². The van der Waals surface area contributed by atoms with Gasteiger partial charge in [0.05, 0.1) is 0 Å². The van der Waals surface area contributed by atoms with Crippen molar-refractivity contribution in [1.82, 2.24) is 0 Å². The van der Waals surface area contributed by atoms with Crippen LogP contribution in [0.1, 0.15) is 22.8 Å². The Morgan fingerprint density at radius 3 is 2.43 bits per heavy atom. The summed E-state index contributed by atoms with van der Waals surface area (Å²) in [7, 11) is 3.07. The van der Waals surface area contributed by atoms with Crippen molar-refractivity contribution < 1.29 is 40.5 Å². The molecular formula is C24H24AsNO9. The fraction of sp³-hybridized carbons (Fsp3) is 0.167. The summed E-state index contributed by atoms with van der Waals surface area (Å²) in [6.45, 7) is 1.30. The van der Waals surface area contributed by atoms with E-state index in [0.717, 1.165) is 18.2 Å². The number of methoxy groups -OCH3 is 2. The third kappa shape index (κ3) is 6.59. The van der Waals surface area contributed by atoms with Gasteiger partial charge in [0, 0.05) is 0 Å². The Morgan fingerprint density at radius 2 is 1.74 bits per heavy atom. The van der Waals surface area contributed by atoms with Gasteiger partial charge in [-0.2, -0.15) is 0 Å². The van der Waals surface area contributed by atoms with Crippen LogP contribution < -0.4 is 23.9 Å². The van der Waals surface area contributed by atoms with Crippen molar-refractivity contribution in [3.05, 3.63) is 71.8 Å². The number of ether oxygens (including phenoxy) is 3. The summed E-state index contributed by atoms with van der Waals surface area (Å²) >= 11 is -5.47. The first-order valence-corrected chi connectivity index (χ1v) is 13.6. The first-order chi connectivity index (χ1) is 16.6. The zero-order valence-corrected chi connectivity index (χ0v) is 21.1. The van der Waals surface area contributed by atoms with Crippen LogP contribution >= 0.6 is 0 Å². The molecule has 35 heavy (non-hydrogen) atoms. The van der Waals surface area contributed by atoms with E-state index < -0.39 is 26.0 Å². The molecule has 0 radical (unpaired) electrons. The van der Waals surface area contributed by atoms with Gasteiger partial charge >= 0.3 is 204 Å². The van der Waals surface area contributed by atoms with Crippen molar-refractivity contribution in [2.24, 2.45) is 0 Å². The molecule has 3 aromatic carbocycles. The average Bonchev–Trinajstić information content (AvgIpc) is 2.81. The van der Waals surface area contributed by atoms with E-state index in [1.165, 1.54) is 32.2 Å². The van der Waals surface area contributed by atoms with Crippen LogP contribution in [0.2, 0.25) is 0 Å². The summed E-state index contributed by atoms with van der Waals surface area (Å²) in [6, 6.07) is 14.5. The fourth-order valence-corrected chi connectivity index (χ4v) is 5.49. The molecule has 1 unspecified atom stereocenters. The summed E-state index contributed by atoms with van der Waals surface area (Å²) in [6.07, 6.45) is 0. The molecule has 10 nitrogen and oxygen atoms in total. The molecule has 11 heteroatoms. The van der Waals surface area contributed by atoms with Gasteiger partial charge in [-0.15, -0.1) is 0 Å². The second-order valence-electron chi connectivity index (χ2n) is 7.28. The average molecular weight is 545 g/mol. The van der Waals surface area contributed by atoms with E-state index in [-0.39, 0.29) is 28.0 Å². The zero-order valence-electron chi connectivity index (χ0n) is 19.2. The summed E-state index contributed by atoms with van der Waals surface area (Å²) in [5.74, 6) is -0.299.